The quantitative estimate of drug-likeness (QED) is 0.379. The van der Waals surface area contributed by atoms with Gasteiger partial charge in [0.25, 0.3) is 0 Å². The number of nitrogen functional groups attached to an aromatic ring is 1. The largest absolute Gasteiger partial charge is 0.438 e. The molecular weight excluding hydrogens is 532 g/mol. The molecule has 0 aliphatic heterocycles. The summed E-state index contributed by atoms with van der Waals surface area (Å²) in [6, 6.07) is 7.68. The number of halogens is 1. The van der Waals surface area contributed by atoms with E-state index in [1.165, 1.54) is 10.8 Å². The van der Waals surface area contributed by atoms with Crippen LogP contribution < -0.4 is 10.5 Å². The predicted molar refractivity (Wildman–Crippen MR) is 137 cm³/mol. The Hall–Kier alpha value is -3.57. The highest BCUT2D eigenvalue weighted by molar-refractivity contribution is 9.10. The molecule has 5 rings (SSSR count). The lowest BCUT2D eigenvalue weighted by Crippen LogP contribution is -2.15. The monoisotopic (exact) mass is 552 g/mol. The molecule has 11 heteroatoms. The molecule has 2 N–H and O–H groups in total. The van der Waals surface area contributed by atoms with Gasteiger partial charge in [-0.25, -0.2) is 8.42 Å². The van der Waals surface area contributed by atoms with Crippen molar-refractivity contribution in [2.24, 2.45) is 5.92 Å². The van der Waals surface area contributed by atoms with Crippen molar-refractivity contribution in [3.63, 3.8) is 0 Å². The molecular formula is C24H21BrN6O3S. The number of sulfone groups is 1. The molecule has 178 valence electrons. The average Bonchev–Trinajstić information content (AvgIpc) is 3.27. The van der Waals surface area contributed by atoms with Crippen LogP contribution in [0.25, 0.3) is 28.0 Å². The van der Waals surface area contributed by atoms with Crippen molar-refractivity contribution in [2.75, 3.05) is 17.7 Å². The summed E-state index contributed by atoms with van der Waals surface area (Å²) in [6.45, 7) is 0. The normalized spacial score (nSPS) is 15.8. The van der Waals surface area contributed by atoms with Crippen LogP contribution in [0.3, 0.4) is 0 Å². The summed E-state index contributed by atoms with van der Waals surface area (Å²) in [6.07, 6.45) is 14.2. The van der Waals surface area contributed by atoms with Crippen LogP contribution in [0.4, 0.5) is 5.82 Å². The van der Waals surface area contributed by atoms with Gasteiger partial charge in [-0.3, -0.25) is 9.97 Å². The third-order valence-electron chi connectivity index (χ3n) is 5.51. The summed E-state index contributed by atoms with van der Waals surface area (Å²) >= 11 is 3.46. The maximum atomic E-state index is 11.6. The second-order valence-electron chi connectivity index (χ2n) is 8.24. The second kappa shape index (κ2) is 9.23. The standard InChI is InChI=1S/C24H21BrN6O3S/c1-35(32,33)14-15-4-7-18(8-5-15)34-24-21(25)22(26)31-23(30-24)19(13-29-31)16-6-9-20(28-12-16)17-3-2-10-27-11-17/h2-4,6-13,15H,5,14,26H2,1H3. The van der Waals surface area contributed by atoms with E-state index in [4.69, 9.17) is 10.5 Å². The van der Waals surface area contributed by atoms with Crippen molar-refractivity contribution in [1.29, 1.82) is 0 Å². The first-order valence-electron chi connectivity index (χ1n) is 10.7. The highest BCUT2D eigenvalue weighted by Crippen LogP contribution is 2.35. The molecule has 4 aromatic heterocycles. The van der Waals surface area contributed by atoms with E-state index in [-0.39, 0.29) is 17.6 Å². The van der Waals surface area contributed by atoms with Gasteiger partial charge in [0.2, 0.25) is 5.88 Å². The molecule has 0 spiro atoms. The number of fused-ring (bicyclic) bond motifs is 1. The van der Waals surface area contributed by atoms with E-state index in [2.05, 4.69) is 36.0 Å². The first-order chi connectivity index (χ1) is 16.8. The Morgan fingerprint density at radius 2 is 2.06 bits per heavy atom. The topological polar surface area (TPSA) is 125 Å². The van der Waals surface area contributed by atoms with E-state index in [0.29, 0.717) is 28.1 Å². The summed E-state index contributed by atoms with van der Waals surface area (Å²) in [5.41, 5.74) is 10.1. The number of nitrogens with zero attached hydrogens (tertiary/aromatic N) is 5. The van der Waals surface area contributed by atoms with Crippen LogP contribution in [-0.4, -0.2) is 45.0 Å². The zero-order chi connectivity index (χ0) is 24.6. The minimum atomic E-state index is -3.06. The Morgan fingerprint density at radius 3 is 2.71 bits per heavy atom. The molecule has 0 saturated carbocycles. The molecule has 1 atom stereocenters. The van der Waals surface area contributed by atoms with Crippen molar-refractivity contribution in [3.8, 4) is 28.3 Å². The Bertz CT molecular complexity index is 1560. The first-order valence-corrected chi connectivity index (χ1v) is 13.6. The number of ether oxygens (including phenoxy) is 1. The maximum absolute atomic E-state index is 11.6. The molecule has 4 heterocycles. The summed E-state index contributed by atoms with van der Waals surface area (Å²) in [4.78, 5) is 13.4. The Balaban J connectivity index is 1.44. The summed E-state index contributed by atoms with van der Waals surface area (Å²) in [5, 5.41) is 4.39. The van der Waals surface area contributed by atoms with Crippen LogP contribution in [0, 0.1) is 5.92 Å². The van der Waals surface area contributed by atoms with E-state index in [1.807, 2.05) is 36.4 Å². The van der Waals surface area contributed by atoms with E-state index in [9.17, 15) is 8.42 Å². The molecule has 1 aliphatic rings. The number of nitrogens with two attached hydrogens (primary N) is 1. The van der Waals surface area contributed by atoms with Gasteiger partial charge in [-0.15, -0.1) is 0 Å². The van der Waals surface area contributed by atoms with Gasteiger partial charge in [0.15, 0.2) is 5.65 Å². The fourth-order valence-electron chi connectivity index (χ4n) is 3.83. The van der Waals surface area contributed by atoms with Crippen molar-refractivity contribution < 1.29 is 13.2 Å². The van der Waals surface area contributed by atoms with Crippen molar-refractivity contribution in [3.05, 3.63) is 77.5 Å². The van der Waals surface area contributed by atoms with Crippen LogP contribution in [0.1, 0.15) is 6.42 Å². The van der Waals surface area contributed by atoms with Crippen LogP contribution in [0.5, 0.6) is 5.88 Å². The highest BCUT2D eigenvalue weighted by atomic mass is 79.9. The van der Waals surface area contributed by atoms with Crippen LogP contribution in [-0.2, 0) is 9.84 Å². The number of rotatable bonds is 6. The van der Waals surface area contributed by atoms with Gasteiger partial charge in [0.1, 0.15) is 25.9 Å². The van der Waals surface area contributed by atoms with Gasteiger partial charge < -0.3 is 10.5 Å². The van der Waals surface area contributed by atoms with Gasteiger partial charge in [-0.2, -0.15) is 14.6 Å². The van der Waals surface area contributed by atoms with Gasteiger partial charge in [0.05, 0.1) is 17.6 Å². The molecule has 35 heavy (non-hydrogen) atoms. The lowest BCUT2D eigenvalue weighted by atomic mass is 10.0. The molecule has 4 aromatic rings. The minimum Gasteiger partial charge on any atom is -0.438 e. The zero-order valence-corrected chi connectivity index (χ0v) is 21.1. The van der Waals surface area contributed by atoms with Gasteiger partial charge in [0, 0.05) is 41.5 Å². The molecule has 0 fully saturated rings. The minimum absolute atomic E-state index is 0.0788. The van der Waals surface area contributed by atoms with Crippen LogP contribution >= 0.6 is 15.9 Å². The van der Waals surface area contributed by atoms with E-state index < -0.39 is 9.84 Å². The number of allylic oxidation sites excluding steroid dienone is 3. The summed E-state index contributed by atoms with van der Waals surface area (Å²) in [7, 11) is -3.06. The maximum Gasteiger partial charge on any atom is 0.239 e. The smallest absolute Gasteiger partial charge is 0.239 e. The van der Waals surface area contributed by atoms with Crippen molar-refractivity contribution >= 4 is 37.2 Å². The molecule has 0 bridgehead atoms. The number of hydrogen-bond donors (Lipinski definition) is 1. The van der Waals surface area contributed by atoms with Crippen LogP contribution in [0.2, 0.25) is 0 Å². The third-order valence-corrected chi connectivity index (χ3v) is 7.29. The van der Waals surface area contributed by atoms with E-state index >= 15 is 0 Å². The molecule has 0 radical (unpaired) electrons. The van der Waals surface area contributed by atoms with Gasteiger partial charge >= 0.3 is 0 Å². The SMILES string of the molecule is CS(=O)(=O)CC1C=CC(Oc2nc3c(-c4ccc(-c5cccnc5)nc4)cnn3c(N)c2Br)=CC1. The molecule has 1 aliphatic carbocycles. The van der Waals surface area contributed by atoms with E-state index in [0.717, 1.165) is 22.4 Å². The van der Waals surface area contributed by atoms with Crippen molar-refractivity contribution in [2.45, 2.75) is 6.42 Å². The lowest BCUT2D eigenvalue weighted by molar-refractivity contribution is 0.416. The molecule has 0 saturated heterocycles. The van der Waals surface area contributed by atoms with Gasteiger partial charge in [-0.1, -0.05) is 12.1 Å². The average molecular weight is 553 g/mol. The fourth-order valence-corrected chi connectivity index (χ4v) is 5.19. The highest BCUT2D eigenvalue weighted by Gasteiger charge is 2.20. The Labute approximate surface area is 210 Å². The Kier molecular flexibility index (Phi) is 6.12. The summed E-state index contributed by atoms with van der Waals surface area (Å²) in [5.74, 6) is 1.21. The fraction of sp³-hybridized carbons (Fsp3) is 0.167. The molecule has 0 aromatic carbocycles. The molecule has 0 amide bonds. The number of anilines is 1. The number of aromatic nitrogens is 5. The van der Waals surface area contributed by atoms with Crippen molar-refractivity contribution in [1.82, 2.24) is 24.6 Å². The summed E-state index contributed by atoms with van der Waals surface area (Å²) < 4.78 is 31.1. The predicted octanol–water partition coefficient (Wildman–Crippen LogP) is 4.08. The second-order valence-corrected chi connectivity index (χ2v) is 11.2. The van der Waals surface area contributed by atoms with Gasteiger partial charge in [-0.05, 0) is 58.6 Å². The lowest BCUT2D eigenvalue weighted by Gasteiger charge is -2.16. The Morgan fingerprint density at radius 1 is 1.20 bits per heavy atom. The first kappa shape index (κ1) is 23.2. The number of pyridine rings is 2. The van der Waals surface area contributed by atoms with Crippen LogP contribution in [0.15, 0.2) is 77.5 Å². The molecule has 9 nitrogen and oxygen atoms in total. The molecule has 1 unspecified atom stereocenters. The third kappa shape index (κ3) is 4.96. The van der Waals surface area contributed by atoms with E-state index in [1.54, 1.807) is 30.9 Å². The zero-order valence-electron chi connectivity index (χ0n) is 18.7. The number of hydrogen-bond acceptors (Lipinski definition) is 8.